The largest absolute Gasteiger partial charge is 0.476 e. The summed E-state index contributed by atoms with van der Waals surface area (Å²) in [7, 11) is 0. The van der Waals surface area contributed by atoms with Crippen LogP contribution in [0.5, 0.6) is 5.75 Å². The van der Waals surface area contributed by atoms with Gasteiger partial charge in [0.2, 0.25) is 0 Å². The van der Waals surface area contributed by atoms with Gasteiger partial charge in [-0.15, -0.1) is 0 Å². The van der Waals surface area contributed by atoms with Crippen LogP contribution in [0, 0.1) is 11.6 Å². The summed E-state index contributed by atoms with van der Waals surface area (Å²) in [5.41, 5.74) is -1.93. The Morgan fingerprint density at radius 2 is 2.04 bits per heavy atom. The summed E-state index contributed by atoms with van der Waals surface area (Å²) >= 11 is 6.47. The van der Waals surface area contributed by atoms with Gasteiger partial charge in [-0.2, -0.15) is 0 Å². The van der Waals surface area contributed by atoms with Crippen LogP contribution in [-0.2, 0) is 4.79 Å². The van der Waals surface area contributed by atoms with E-state index in [1.54, 1.807) is 0 Å². The minimum atomic E-state index is -1.54. The van der Waals surface area contributed by atoms with Crippen molar-refractivity contribution in [3.63, 3.8) is 0 Å². The minimum Gasteiger partial charge on any atom is -0.476 e. The number of carbonyl (C=O) groups is 2. The number of aromatic carboxylic acids is 1. The van der Waals surface area contributed by atoms with Gasteiger partial charge in [-0.05, 0) is 26.0 Å². The summed E-state index contributed by atoms with van der Waals surface area (Å²) in [4.78, 5) is 26.8. The number of aromatic nitrogens is 1. The summed E-state index contributed by atoms with van der Waals surface area (Å²) in [6.45, 7) is 2.72. The molecule has 128 valence electrons. The van der Waals surface area contributed by atoms with Crippen LogP contribution in [0.3, 0.4) is 0 Å². The maximum Gasteiger partial charge on any atom is 0.357 e. The van der Waals surface area contributed by atoms with Crippen LogP contribution in [0.2, 0.25) is 4.34 Å². The fourth-order valence-electron chi connectivity index (χ4n) is 1.61. The standard InChI is InChI=1S/C14H11ClF2N2O4S/c1-14(2,23-8-4-3-6(16)5-7(8)17)12(22)19-13-18-9(11(20)21)10(15)24-13/h3-5H,1-2H3,(H,20,21)(H,18,19,22). The van der Waals surface area contributed by atoms with Crippen molar-refractivity contribution in [1.29, 1.82) is 0 Å². The van der Waals surface area contributed by atoms with Crippen LogP contribution in [0.4, 0.5) is 13.9 Å². The molecule has 2 N–H and O–H groups in total. The Morgan fingerprint density at radius 1 is 1.38 bits per heavy atom. The number of hydrogen-bond donors (Lipinski definition) is 2. The number of ether oxygens (including phenoxy) is 1. The third-order valence-corrected chi connectivity index (χ3v) is 3.98. The molecule has 0 bridgehead atoms. The molecule has 10 heteroatoms. The van der Waals surface area contributed by atoms with Crippen molar-refractivity contribution >= 4 is 39.9 Å². The second-order valence-corrected chi connectivity index (χ2v) is 6.69. The molecule has 1 heterocycles. The minimum absolute atomic E-state index is 0.0429. The number of hydrogen-bond acceptors (Lipinski definition) is 5. The first kappa shape index (κ1) is 18.1. The van der Waals surface area contributed by atoms with E-state index in [9.17, 15) is 18.4 Å². The second-order valence-electron chi connectivity index (χ2n) is 5.09. The van der Waals surface area contributed by atoms with Crippen LogP contribution in [0.25, 0.3) is 0 Å². The van der Waals surface area contributed by atoms with Crippen LogP contribution in [0.15, 0.2) is 18.2 Å². The van der Waals surface area contributed by atoms with Crippen molar-refractivity contribution in [3.8, 4) is 5.75 Å². The molecular weight excluding hydrogens is 366 g/mol. The normalized spacial score (nSPS) is 11.2. The van der Waals surface area contributed by atoms with E-state index in [0.717, 1.165) is 23.5 Å². The molecule has 0 aliphatic carbocycles. The number of anilines is 1. The lowest BCUT2D eigenvalue weighted by Gasteiger charge is -2.24. The molecule has 2 aromatic rings. The molecule has 0 saturated carbocycles. The van der Waals surface area contributed by atoms with Gasteiger partial charge in [0.25, 0.3) is 5.91 Å². The zero-order valence-corrected chi connectivity index (χ0v) is 14.0. The summed E-state index contributed by atoms with van der Waals surface area (Å²) in [6, 6.07) is 2.68. The number of thiazole rings is 1. The molecule has 0 unspecified atom stereocenters. The average molecular weight is 377 g/mol. The summed E-state index contributed by atoms with van der Waals surface area (Å²) in [5, 5.41) is 11.2. The molecule has 24 heavy (non-hydrogen) atoms. The number of halogens is 3. The van der Waals surface area contributed by atoms with Gasteiger partial charge in [-0.25, -0.2) is 18.6 Å². The third kappa shape index (κ3) is 3.98. The first-order valence-electron chi connectivity index (χ1n) is 6.45. The van der Waals surface area contributed by atoms with E-state index >= 15 is 0 Å². The van der Waals surface area contributed by atoms with Gasteiger partial charge in [0.15, 0.2) is 28.0 Å². The summed E-state index contributed by atoms with van der Waals surface area (Å²) in [5.74, 6) is -4.09. The van der Waals surface area contributed by atoms with E-state index in [0.29, 0.717) is 6.07 Å². The zero-order valence-electron chi connectivity index (χ0n) is 12.4. The highest BCUT2D eigenvalue weighted by molar-refractivity contribution is 7.20. The fourth-order valence-corrected chi connectivity index (χ4v) is 2.64. The highest BCUT2D eigenvalue weighted by atomic mass is 35.5. The lowest BCUT2D eigenvalue weighted by Crippen LogP contribution is -2.42. The van der Waals surface area contributed by atoms with Gasteiger partial charge in [0.1, 0.15) is 10.2 Å². The van der Waals surface area contributed by atoms with Gasteiger partial charge >= 0.3 is 5.97 Å². The monoisotopic (exact) mass is 376 g/mol. The molecule has 2 rings (SSSR count). The molecule has 0 fully saturated rings. The predicted molar refractivity (Wildman–Crippen MR) is 83.8 cm³/mol. The highest BCUT2D eigenvalue weighted by Gasteiger charge is 2.32. The van der Waals surface area contributed by atoms with Crippen LogP contribution >= 0.6 is 22.9 Å². The number of nitrogens with one attached hydrogen (secondary N) is 1. The summed E-state index contributed by atoms with van der Waals surface area (Å²) < 4.78 is 31.7. The van der Waals surface area contributed by atoms with Crippen molar-refractivity contribution in [1.82, 2.24) is 4.98 Å². The third-order valence-electron chi connectivity index (χ3n) is 2.81. The van der Waals surface area contributed by atoms with Gasteiger partial charge < -0.3 is 9.84 Å². The molecule has 1 amide bonds. The van der Waals surface area contributed by atoms with Gasteiger partial charge in [0.05, 0.1) is 0 Å². The first-order valence-corrected chi connectivity index (χ1v) is 7.65. The van der Waals surface area contributed by atoms with Crippen molar-refractivity contribution in [2.24, 2.45) is 0 Å². The SMILES string of the molecule is CC(C)(Oc1ccc(F)cc1F)C(=O)Nc1nc(C(=O)O)c(Cl)s1. The van der Waals surface area contributed by atoms with Crippen molar-refractivity contribution in [2.45, 2.75) is 19.4 Å². The molecule has 6 nitrogen and oxygen atoms in total. The quantitative estimate of drug-likeness (QED) is 0.832. The molecule has 1 aromatic heterocycles. The molecule has 0 aliphatic heterocycles. The Kier molecular flexibility index (Phi) is 5.05. The lowest BCUT2D eigenvalue weighted by molar-refractivity contribution is -0.128. The van der Waals surface area contributed by atoms with Gasteiger partial charge in [-0.1, -0.05) is 22.9 Å². The van der Waals surface area contributed by atoms with Crippen LogP contribution < -0.4 is 10.1 Å². The molecular formula is C14H11ClF2N2O4S. The fraction of sp³-hybridized carbons (Fsp3) is 0.214. The number of rotatable bonds is 5. The Hall–Kier alpha value is -2.26. The maximum absolute atomic E-state index is 13.6. The van der Waals surface area contributed by atoms with E-state index in [4.69, 9.17) is 21.4 Å². The molecule has 0 radical (unpaired) electrons. The number of nitrogens with zero attached hydrogens (tertiary/aromatic N) is 1. The molecule has 0 atom stereocenters. The van der Waals surface area contributed by atoms with E-state index in [1.807, 2.05) is 0 Å². The smallest absolute Gasteiger partial charge is 0.357 e. The van der Waals surface area contributed by atoms with Crippen molar-refractivity contribution < 1.29 is 28.2 Å². The predicted octanol–water partition coefficient (Wildman–Crippen LogP) is 3.57. The second kappa shape index (κ2) is 6.70. The van der Waals surface area contributed by atoms with E-state index in [1.165, 1.54) is 13.8 Å². The number of carbonyl (C=O) groups excluding carboxylic acids is 1. The Balaban J connectivity index is 2.15. The van der Waals surface area contributed by atoms with E-state index in [-0.39, 0.29) is 20.9 Å². The van der Waals surface area contributed by atoms with Gasteiger partial charge in [0, 0.05) is 6.07 Å². The van der Waals surface area contributed by atoms with E-state index in [2.05, 4.69) is 10.3 Å². The van der Waals surface area contributed by atoms with Crippen molar-refractivity contribution in [2.75, 3.05) is 5.32 Å². The topological polar surface area (TPSA) is 88.5 Å². The molecule has 0 spiro atoms. The lowest BCUT2D eigenvalue weighted by atomic mass is 10.1. The van der Waals surface area contributed by atoms with Gasteiger partial charge in [-0.3, -0.25) is 10.1 Å². The van der Waals surface area contributed by atoms with Crippen LogP contribution in [-0.4, -0.2) is 27.6 Å². The number of amides is 1. The Labute approximate surface area is 144 Å². The maximum atomic E-state index is 13.6. The number of benzene rings is 1. The van der Waals surface area contributed by atoms with Crippen LogP contribution in [0.1, 0.15) is 24.3 Å². The number of carboxylic acids is 1. The molecule has 1 aromatic carbocycles. The Morgan fingerprint density at radius 3 is 2.58 bits per heavy atom. The number of carboxylic acid groups (broad SMARTS) is 1. The van der Waals surface area contributed by atoms with E-state index < -0.39 is 29.1 Å². The zero-order chi connectivity index (χ0) is 18.1. The first-order chi connectivity index (χ1) is 11.1. The Bertz CT molecular complexity index is 810. The van der Waals surface area contributed by atoms with Crippen molar-refractivity contribution in [3.05, 3.63) is 39.9 Å². The molecule has 0 aliphatic rings. The molecule has 0 saturated heterocycles. The highest BCUT2D eigenvalue weighted by Crippen LogP contribution is 2.29. The summed E-state index contributed by atoms with van der Waals surface area (Å²) in [6.07, 6.45) is 0. The average Bonchev–Trinajstić information content (AvgIpc) is 2.83.